The van der Waals surface area contributed by atoms with Crippen LogP contribution >= 0.6 is 0 Å². The van der Waals surface area contributed by atoms with Crippen LogP contribution < -0.4 is 5.32 Å². The molecule has 0 saturated heterocycles. The molecule has 0 atom stereocenters. The van der Waals surface area contributed by atoms with Gasteiger partial charge < -0.3 is 5.32 Å². The first-order valence-corrected chi connectivity index (χ1v) is 6.11. The molecule has 1 N–H and O–H groups in total. The predicted molar refractivity (Wildman–Crippen MR) is 67.9 cm³/mol. The largest absolute Gasteiger partial charge is 0.349 e. The normalized spacial score (nSPS) is 14.2. The number of nitrogens with one attached hydrogen (secondary N) is 1. The minimum Gasteiger partial charge on any atom is -0.349 e. The van der Waals surface area contributed by atoms with Crippen LogP contribution in [0.5, 0.6) is 0 Å². The van der Waals surface area contributed by atoms with Gasteiger partial charge in [-0.3, -0.25) is 4.79 Å². The lowest BCUT2D eigenvalue weighted by Gasteiger charge is -2.04. The minimum atomic E-state index is -0.336. The summed E-state index contributed by atoms with van der Waals surface area (Å²) in [6.45, 7) is 0. The van der Waals surface area contributed by atoms with Crippen molar-refractivity contribution in [2.24, 2.45) is 0 Å². The first-order chi connectivity index (χ1) is 9.22. The first-order valence-electron chi connectivity index (χ1n) is 6.11. The Kier molecular flexibility index (Phi) is 2.95. The van der Waals surface area contributed by atoms with Crippen LogP contribution in [0.15, 0.2) is 36.7 Å². The van der Waals surface area contributed by atoms with Crippen molar-refractivity contribution in [3.8, 4) is 11.4 Å². The molecule has 1 aromatic carbocycles. The molecule has 5 heteroatoms. The Morgan fingerprint density at radius 1 is 1.26 bits per heavy atom. The maximum atomic E-state index is 13.1. The Bertz CT molecular complexity index is 608. The molecule has 1 aromatic heterocycles. The Labute approximate surface area is 109 Å². The highest BCUT2D eigenvalue weighted by Gasteiger charge is 2.24. The molecule has 19 heavy (non-hydrogen) atoms. The van der Waals surface area contributed by atoms with Crippen LogP contribution in [0, 0.1) is 5.82 Å². The molecular formula is C14H12FN3O. The molecule has 1 fully saturated rings. The summed E-state index contributed by atoms with van der Waals surface area (Å²) in [6.07, 6.45) is 5.00. The van der Waals surface area contributed by atoms with Gasteiger partial charge in [-0.05, 0) is 25.0 Å². The van der Waals surface area contributed by atoms with Gasteiger partial charge in [0.1, 0.15) is 5.82 Å². The van der Waals surface area contributed by atoms with Gasteiger partial charge in [0.05, 0.1) is 5.56 Å². The van der Waals surface area contributed by atoms with Crippen molar-refractivity contribution in [2.45, 2.75) is 18.9 Å². The summed E-state index contributed by atoms with van der Waals surface area (Å²) in [5.41, 5.74) is 1.02. The zero-order valence-electron chi connectivity index (χ0n) is 10.1. The summed E-state index contributed by atoms with van der Waals surface area (Å²) in [7, 11) is 0. The molecule has 0 radical (unpaired) electrons. The molecule has 2 aromatic rings. The molecule has 1 amide bonds. The van der Waals surface area contributed by atoms with Crippen LogP contribution in [0.1, 0.15) is 23.2 Å². The number of amides is 1. The van der Waals surface area contributed by atoms with E-state index in [4.69, 9.17) is 0 Å². The van der Waals surface area contributed by atoms with Gasteiger partial charge in [-0.25, -0.2) is 14.4 Å². The van der Waals surface area contributed by atoms with E-state index in [1.54, 1.807) is 12.1 Å². The Hall–Kier alpha value is -2.30. The fourth-order valence-corrected chi connectivity index (χ4v) is 1.72. The van der Waals surface area contributed by atoms with Crippen LogP contribution in [0.4, 0.5) is 4.39 Å². The van der Waals surface area contributed by atoms with Gasteiger partial charge >= 0.3 is 0 Å². The summed E-state index contributed by atoms with van der Waals surface area (Å²) in [5, 5.41) is 2.86. The van der Waals surface area contributed by atoms with Crippen LogP contribution in [-0.2, 0) is 0 Å². The second-order valence-corrected chi connectivity index (χ2v) is 4.55. The lowest BCUT2D eigenvalue weighted by Crippen LogP contribution is -2.25. The summed E-state index contributed by atoms with van der Waals surface area (Å²) in [6, 6.07) is 6.35. The van der Waals surface area contributed by atoms with E-state index in [1.165, 1.54) is 24.5 Å². The van der Waals surface area contributed by atoms with E-state index in [0.717, 1.165) is 12.8 Å². The lowest BCUT2D eigenvalue weighted by atomic mass is 10.2. The number of hydrogen-bond acceptors (Lipinski definition) is 3. The molecule has 1 aliphatic carbocycles. The lowest BCUT2D eigenvalue weighted by molar-refractivity contribution is 0.0950. The Morgan fingerprint density at radius 2 is 2.00 bits per heavy atom. The summed E-state index contributed by atoms with van der Waals surface area (Å²) in [4.78, 5) is 19.9. The topological polar surface area (TPSA) is 54.9 Å². The first kappa shape index (κ1) is 11.8. The maximum Gasteiger partial charge on any atom is 0.254 e. The molecular weight excluding hydrogens is 245 g/mol. The van der Waals surface area contributed by atoms with Crippen LogP contribution in [0.2, 0.25) is 0 Å². The average molecular weight is 257 g/mol. The zero-order chi connectivity index (χ0) is 13.2. The number of aromatic nitrogens is 2. The quantitative estimate of drug-likeness (QED) is 0.916. The van der Waals surface area contributed by atoms with E-state index in [9.17, 15) is 9.18 Å². The van der Waals surface area contributed by atoms with E-state index in [-0.39, 0.29) is 11.7 Å². The Morgan fingerprint density at radius 3 is 2.63 bits per heavy atom. The van der Waals surface area contributed by atoms with Crippen molar-refractivity contribution in [1.29, 1.82) is 0 Å². The third-order valence-electron chi connectivity index (χ3n) is 2.91. The number of hydrogen-bond donors (Lipinski definition) is 1. The monoisotopic (exact) mass is 257 g/mol. The molecule has 96 valence electrons. The van der Waals surface area contributed by atoms with Crippen molar-refractivity contribution in [3.05, 3.63) is 48.0 Å². The highest BCUT2D eigenvalue weighted by atomic mass is 19.1. The summed E-state index contributed by atoms with van der Waals surface area (Å²) >= 11 is 0. The molecule has 0 aliphatic heterocycles. The highest BCUT2D eigenvalue weighted by molar-refractivity contribution is 5.94. The molecule has 1 saturated carbocycles. The van der Waals surface area contributed by atoms with Crippen molar-refractivity contribution in [1.82, 2.24) is 15.3 Å². The van der Waals surface area contributed by atoms with Gasteiger partial charge in [0.15, 0.2) is 5.82 Å². The number of rotatable bonds is 3. The highest BCUT2D eigenvalue weighted by Crippen LogP contribution is 2.19. The SMILES string of the molecule is O=C(NC1CC1)c1cnc(-c2cccc(F)c2)nc1. The van der Waals surface area contributed by atoms with E-state index in [0.29, 0.717) is 23.0 Å². The average Bonchev–Trinajstić information content (AvgIpc) is 3.23. The van der Waals surface area contributed by atoms with E-state index < -0.39 is 0 Å². The van der Waals surface area contributed by atoms with Gasteiger partial charge in [-0.1, -0.05) is 12.1 Å². The fourth-order valence-electron chi connectivity index (χ4n) is 1.72. The van der Waals surface area contributed by atoms with Crippen LogP contribution in [-0.4, -0.2) is 21.9 Å². The van der Waals surface area contributed by atoms with Crippen molar-refractivity contribution < 1.29 is 9.18 Å². The fraction of sp³-hybridized carbons (Fsp3) is 0.214. The van der Waals surface area contributed by atoms with Gasteiger partial charge in [0.2, 0.25) is 0 Å². The number of carbonyl (C=O) groups excluding carboxylic acids is 1. The number of nitrogens with zero attached hydrogens (tertiary/aromatic N) is 2. The van der Waals surface area contributed by atoms with E-state index in [2.05, 4.69) is 15.3 Å². The second-order valence-electron chi connectivity index (χ2n) is 4.55. The van der Waals surface area contributed by atoms with Crippen molar-refractivity contribution in [3.63, 3.8) is 0 Å². The van der Waals surface area contributed by atoms with E-state index >= 15 is 0 Å². The standard InChI is InChI=1S/C14H12FN3O/c15-11-3-1-2-9(6-11)13-16-7-10(8-17-13)14(19)18-12-4-5-12/h1-3,6-8,12H,4-5H2,(H,18,19). The molecule has 0 spiro atoms. The third-order valence-corrected chi connectivity index (χ3v) is 2.91. The minimum absolute atomic E-state index is 0.159. The zero-order valence-corrected chi connectivity index (χ0v) is 10.1. The van der Waals surface area contributed by atoms with Gasteiger partial charge in [0, 0.05) is 24.0 Å². The molecule has 3 rings (SSSR count). The van der Waals surface area contributed by atoms with Gasteiger partial charge in [0.25, 0.3) is 5.91 Å². The van der Waals surface area contributed by atoms with Crippen LogP contribution in [0.25, 0.3) is 11.4 Å². The molecule has 0 bridgehead atoms. The molecule has 4 nitrogen and oxygen atoms in total. The van der Waals surface area contributed by atoms with Crippen LogP contribution in [0.3, 0.4) is 0 Å². The smallest absolute Gasteiger partial charge is 0.254 e. The van der Waals surface area contributed by atoms with Crippen molar-refractivity contribution >= 4 is 5.91 Å². The number of carbonyl (C=O) groups is 1. The van der Waals surface area contributed by atoms with Gasteiger partial charge in [-0.2, -0.15) is 0 Å². The Balaban J connectivity index is 1.80. The molecule has 0 unspecified atom stereocenters. The number of halogens is 1. The second kappa shape index (κ2) is 4.76. The third kappa shape index (κ3) is 2.76. The summed E-state index contributed by atoms with van der Waals surface area (Å²) < 4.78 is 13.1. The van der Waals surface area contributed by atoms with Gasteiger partial charge in [-0.15, -0.1) is 0 Å². The van der Waals surface area contributed by atoms with Crippen molar-refractivity contribution in [2.75, 3.05) is 0 Å². The molecule has 1 aliphatic rings. The predicted octanol–water partition coefficient (Wildman–Crippen LogP) is 2.17. The van der Waals surface area contributed by atoms with E-state index in [1.807, 2.05) is 0 Å². The number of benzene rings is 1. The molecule has 1 heterocycles. The summed E-state index contributed by atoms with van der Waals surface area (Å²) in [5.74, 6) is -0.0904. The maximum absolute atomic E-state index is 13.1.